The Bertz CT molecular complexity index is 1930. The normalized spacial score (nSPS) is 12.6. The van der Waals surface area contributed by atoms with Crippen molar-refractivity contribution in [2.45, 2.75) is 58.3 Å². The topological polar surface area (TPSA) is 0 Å². The summed E-state index contributed by atoms with van der Waals surface area (Å²) >= 11 is 0. The van der Waals surface area contributed by atoms with E-state index < -0.39 is 0 Å². The van der Waals surface area contributed by atoms with Gasteiger partial charge in [-0.3, -0.25) is 0 Å². The molecule has 2 heteroatoms. The first-order valence-corrected chi connectivity index (χ1v) is 18.7. The molecule has 0 heterocycles. The van der Waals surface area contributed by atoms with Crippen molar-refractivity contribution < 1.29 is 17.1 Å². The Labute approximate surface area is 312 Å². The van der Waals surface area contributed by atoms with Gasteiger partial charge in [0.1, 0.15) is 0 Å². The van der Waals surface area contributed by atoms with Crippen LogP contribution in [0.15, 0.2) is 170 Å². The van der Waals surface area contributed by atoms with E-state index in [0.29, 0.717) is 10.3 Å². The molecule has 0 atom stereocenters. The third-order valence-electron chi connectivity index (χ3n) is 8.89. The average Bonchev–Trinajstić information content (AvgIpc) is 3.76. The molecule has 0 spiro atoms. The Kier molecular flexibility index (Phi) is 12.0. The van der Waals surface area contributed by atoms with E-state index in [1.54, 1.807) is 5.30 Å². The zero-order valence-corrected chi connectivity index (χ0v) is 32.1. The number of hydrogen-bond acceptors (Lipinski definition) is 0. The van der Waals surface area contributed by atoms with E-state index in [2.05, 4.69) is 205 Å². The van der Waals surface area contributed by atoms with Crippen LogP contribution in [0.3, 0.4) is 0 Å². The predicted molar refractivity (Wildman–Crippen MR) is 217 cm³/mol. The van der Waals surface area contributed by atoms with Gasteiger partial charge in [0, 0.05) is 0 Å². The van der Waals surface area contributed by atoms with Gasteiger partial charge in [-0.05, 0) is 34.4 Å². The molecular formula is C48H47FeP. The molecule has 0 aliphatic heterocycles. The molecule has 1 aliphatic rings. The first-order chi connectivity index (χ1) is 23.6. The van der Waals surface area contributed by atoms with E-state index >= 15 is 0 Å². The molecule has 6 aromatic rings. The van der Waals surface area contributed by atoms with Gasteiger partial charge in [-0.1, -0.05) is 227 Å². The van der Waals surface area contributed by atoms with Crippen LogP contribution >= 0.6 is 7.92 Å². The van der Waals surface area contributed by atoms with E-state index in [9.17, 15) is 0 Å². The van der Waals surface area contributed by atoms with E-state index in [-0.39, 0.29) is 25.0 Å². The van der Waals surface area contributed by atoms with Crippen LogP contribution in [0.1, 0.15) is 53.5 Å². The number of hydrogen-bond donors (Lipinski definition) is 0. The molecule has 252 valence electrons. The Morgan fingerprint density at radius 3 is 1.50 bits per heavy atom. The van der Waals surface area contributed by atoms with Crippen LogP contribution in [0.2, 0.25) is 0 Å². The van der Waals surface area contributed by atoms with Gasteiger partial charge in [0.15, 0.2) is 0 Å². The number of allylic oxidation sites excluding steroid dienone is 3. The second-order valence-corrected chi connectivity index (χ2v) is 18.5. The third-order valence-corrected chi connectivity index (χ3v) is 12.4. The third kappa shape index (κ3) is 8.22. The van der Waals surface area contributed by atoms with E-state index in [0.717, 1.165) is 6.42 Å². The molecule has 0 fully saturated rings. The van der Waals surface area contributed by atoms with Crippen molar-refractivity contribution in [2.24, 2.45) is 0 Å². The zero-order valence-electron chi connectivity index (χ0n) is 30.1. The zero-order chi connectivity index (χ0) is 34.4. The fourth-order valence-corrected chi connectivity index (χ4v) is 11.5. The standard InChI is InChI=1S/C35H25.C13H22P.Fe/c1-6-16-26(17-7-1)31-32(27-18-8-2-9-19-27)34(29-22-12-4-13-23-29)35(30-24-14-5-15-25-30)33(31)28-20-10-3-11-21-28;1-12(2,3)14(13(4,5)6)11-9-7-8-10-11;/h1-4,6-24H,25H2;7-10H,1-6H3;/q2*-1;+2. The molecule has 0 saturated heterocycles. The monoisotopic (exact) mass is 710 g/mol. The molecule has 6 aromatic carbocycles. The van der Waals surface area contributed by atoms with Gasteiger partial charge in [-0.2, -0.15) is 12.1 Å². The second-order valence-electron chi connectivity index (χ2n) is 14.6. The van der Waals surface area contributed by atoms with Gasteiger partial charge in [0.05, 0.1) is 0 Å². The van der Waals surface area contributed by atoms with Crippen LogP contribution in [-0.2, 0) is 17.1 Å². The SMILES string of the molecule is C1=CC=C(c2c(-c3ccccc3)c(-c3ccccc3)[c-](-c3ccccc3)c2-c2ccccc2)CC=1.CC(C)(C)P(c1ccc[cH-]1)C(C)(C)C.[Fe+2]. The minimum absolute atomic E-state index is 0. The molecular weight excluding hydrogens is 663 g/mol. The minimum atomic E-state index is -0.101. The summed E-state index contributed by atoms with van der Waals surface area (Å²) in [6, 6.07) is 52.3. The Morgan fingerprint density at radius 2 is 1.06 bits per heavy atom. The van der Waals surface area contributed by atoms with E-state index in [4.69, 9.17) is 0 Å². The summed E-state index contributed by atoms with van der Waals surface area (Å²) in [6.07, 6.45) is 7.27. The van der Waals surface area contributed by atoms with Gasteiger partial charge in [0.25, 0.3) is 0 Å². The van der Waals surface area contributed by atoms with E-state index in [1.807, 2.05) is 6.08 Å². The molecule has 0 amide bonds. The molecule has 1 aliphatic carbocycles. The van der Waals surface area contributed by atoms with Crippen LogP contribution in [0.4, 0.5) is 0 Å². The summed E-state index contributed by atoms with van der Waals surface area (Å²) < 4.78 is 0. The summed E-state index contributed by atoms with van der Waals surface area (Å²) in [5, 5.41) is 2.32. The van der Waals surface area contributed by atoms with Gasteiger partial charge in [0.2, 0.25) is 0 Å². The summed E-state index contributed by atoms with van der Waals surface area (Å²) in [5.41, 5.74) is 16.0. The molecule has 7 rings (SSSR count). The van der Waals surface area contributed by atoms with Crippen molar-refractivity contribution in [1.29, 1.82) is 0 Å². The molecule has 0 aromatic heterocycles. The molecule has 0 unspecified atom stereocenters. The molecule has 0 N–H and O–H groups in total. The second kappa shape index (κ2) is 16.2. The quantitative estimate of drug-likeness (QED) is 0.0699. The van der Waals surface area contributed by atoms with Gasteiger partial charge in [-0.25, -0.2) is 12.1 Å². The number of rotatable bonds is 6. The first-order valence-electron chi connectivity index (χ1n) is 17.4. The summed E-state index contributed by atoms with van der Waals surface area (Å²) in [7, 11) is -0.101. The van der Waals surface area contributed by atoms with Crippen LogP contribution in [0.5, 0.6) is 0 Å². The van der Waals surface area contributed by atoms with Crippen molar-refractivity contribution in [3.05, 3.63) is 175 Å². The van der Waals surface area contributed by atoms with Crippen molar-refractivity contribution in [3.63, 3.8) is 0 Å². The van der Waals surface area contributed by atoms with Crippen LogP contribution in [0, 0.1) is 0 Å². The van der Waals surface area contributed by atoms with Crippen molar-refractivity contribution in [2.75, 3.05) is 0 Å². The molecule has 0 nitrogen and oxygen atoms in total. The van der Waals surface area contributed by atoms with Crippen molar-refractivity contribution >= 4 is 18.8 Å². The fourth-order valence-electron chi connectivity index (χ4n) is 7.45. The summed E-state index contributed by atoms with van der Waals surface area (Å²) in [5.74, 6) is 0. The van der Waals surface area contributed by atoms with Gasteiger partial charge >= 0.3 is 17.1 Å². The fraction of sp³-hybridized carbons (Fsp3) is 0.188. The van der Waals surface area contributed by atoms with Crippen LogP contribution in [-0.4, -0.2) is 10.3 Å². The first kappa shape index (κ1) is 37.1. The Hall–Kier alpha value is -4.21. The van der Waals surface area contributed by atoms with Gasteiger partial charge in [-0.15, -0.1) is 11.0 Å². The molecule has 0 bridgehead atoms. The molecule has 0 saturated carbocycles. The van der Waals surface area contributed by atoms with Crippen LogP contribution < -0.4 is 5.30 Å². The van der Waals surface area contributed by atoms with Crippen LogP contribution in [0.25, 0.3) is 50.1 Å². The van der Waals surface area contributed by atoms with Gasteiger partial charge < -0.3 is 0 Å². The maximum atomic E-state index is 3.26. The number of benzene rings is 4. The maximum absolute atomic E-state index is 3.26. The summed E-state index contributed by atoms with van der Waals surface area (Å²) in [6.45, 7) is 14.1. The average molecular weight is 711 g/mol. The van der Waals surface area contributed by atoms with E-state index in [1.165, 1.54) is 55.6 Å². The molecule has 0 radical (unpaired) electrons. The molecule has 50 heavy (non-hydrogen) atoms. The maximum Gasteiger partial charge on any atom is 2.00 e. The van der Waals surface area contributed by atoms with Crippen molar-refractivity contribution in [3.8, 4) is 44.5 Å². The van der Waals surface area contributed by atoms with Crippen molar-refractivity contribution in [1.82, 2.24) is 0 Å². The summed E-state index contributed by atoms with van der Waals surface area (Å²) in [4.78, 5) is 0. The Morgan fingerprint density at radius 1 is 0.580 bits per heavy atom. The minimum Gasteiger partial charge on any atom is -0.213 e. The Balaban J connectivity index is 0.000000275. The smallest absolute Gasteiger partial charge is 0.213 e. The largest absolute Gasteiger partial charge is 2.00 e. The predicted octanol–water partition coefficient (Wildman–Crippen LogP) is 13.7.